The first kappa shape index (κ1) is 17.6. The van der Waals surface area contributed by atoms with Crippen LogP contribution in [-0.2, 0) is 9.59 Å². The first-order valence-corrected chi connectivity index (χ1v) is 8.10. The predicted molar refractivity (Wildman–Crippen MR) is 90.6 cm³/mol. The average Bonchev–Trinajstić information content (AvgIpc) is 2.35. The van der Waals surface area contributed by atoms with Gasteiger partial charge in [0, 0.05) is 41.2 Å². The lowest BCUT2D eigenvalue weighted by Gasteiger charge is -2.12. The molecule has 0 radical (unpaired) electrons. The van der Waals surface area contributed by atoms with E-state index in [1.165, 1.54) is 12.2 Å². The van der Waals surface area contributed by atoms with Crippen LogP contribution in [0.3, 0.4) is 0 Å². The van der Waals surface area contributed by atoms with Gasteiger partial charge in [-0.1, -0.05) is 0 Å². The minimum Gasteiger partial charge on any atom is -0.478 e. The summed E-state index contributed by atoms with van der Waals surface area (Å²) in [6, 6.07) is 0. The van der Waals surface area contributed by atoms with Crippen LogP contribution < -0.4 is 0 Å². The summed E-state index contributed by atoms with van der Waals surface area (Å²) in [7, 11) is 0. The third-order valence-corrected chi connectivity index (χ3v) is 6.48. The first-order valence-electron chi connectivity index (χ1n) is 4.93. The van der Waals surface area contributed by atoms with Crippen molar-refractivity contribution in [2.45, 2.75) is 0 Å². The molecule has 0 fully saturated rings. The van der Waals surface area contributed by atoms with E-state index < -0.39 is 11.9 Å². The molecule has 0 amide bonds. The van der Waals surface area contributed by atoms with Crippen molar-refractivity contribution in [1.29, 1.82) is 0 Å². The number of hydrogen-bond donors (Lipinski definition) is 2. The van der Waals surface area contributed by atoms with E-state index in [0.29, 0.717) is 29.0 Å². The molecule has 0 heterocycles. The Bertz CT molecular complexity index is 551. The van der Waals surface area contributed by atoms with E-state index in [2.05, 4.69) is 63.7 Å². The van der Waals surface area contributed by atoms with Crippen molar-refractivity contribution >= 4 is 87.8 Å². The summed E-state index contributed by atoms with van der Waals surface area (Å²) in [5.41, 5.74) is 1.22. The molecular weight excluding hydrogens is 528 g/mol. The normalized spacial score (nSPS) is 11.4. The summed E-state index contributed by atoms with van der Waals surface area (Å²) in [5.74, 6) is -2.13. The highest BCUT2D eigenvalue weighted by molar-refractivity contribution is 9.14. The monoisotopic (exact) mass is 530 g/mol. The van der Waals surface area contributed by atoms with Crippen molar-refractivity contribution in [2.75, 3.05) is 0 Å². The van der Waals surface area contributed by atoms with Gasteiger partial charge in [0.2, 0.25) is 0 Å². The van der Waals surface area contributed by atoms with Crippen molar-refractivity contribution in [3.05, 3.63) is 41.2 Å². The van der Waals surface area contributed by atoms with Crippen LogP contribution in [0.2, 0.25) is 0 Å². The molecule has 0 saturated carbocycles. The number of carbonyl (C=O) groups is 2. The van der Waals surface area contributed by atoms with Crippen molar-refractivity contribution in [1.82, 2.24) is 0 Å². The minimum atomic E-state index is -1.06. The summed E-state index contributed by atoms with van der Waals surface area (Å²) in [6.45, 7) is 0. The van der Waals surface area contributed by atoms with Crippen LogP contribution in [0.4, 0.5) is 0 Å². The van der Waals surface area contributed by atoms with E-state index in [1.807, 2.05) is 0 Å². The smallest absolute Gasteiger partial charge is 0.328 e. The Hall–Kier alpha value is -0.440. The summed E-state index contributed by atoms with van der Waals surface area (Å²) in [6.07, 6.45) is 4.88. The highest BCUT2D eigenvalue weighted by Gasteiger charge is 2.16. The first-order chi connectivity index (χ1) is 9.25. The van der Waals surface area contributed by atoms with E-state index >= 15 is 0 Å². The van der Waals surface area contributed by atoms with Gasteiger partial charge in [-0.3, -0.25) is 0 Å². The Labute approximate surface area is 148 Å². The molecule has 20 heavy (non-hydrogen) atoms. The van der Waals surface area contributed by atoms with Crippen LogP contribution in [0.25, 0.3) is 12.2 Å². The number of benzene rings is 1. The zero-order chi connectivity index (χ0) is 15.4. The van der Waals surface area contributed by atoms with Gasteiger partial charge in [-0.25, -0.2) is 9.59 Å². The molecule has 0 saturated heterocycles. The maximum atomic E-state index is 10.6. The molecule has 106 valence electrons. The lowest BCUT2D eigenvalue weighted by Crippen LogP contribution is -1.92. The molecule has 4 nitrogen and oxygen atoms in total. The third kappa shape index (κ3) is 4.28. The lowest BCUT2D eigenvalue weighted by molar-refractivity contribution is -0.132. The molecule has 0 unspecified atom stereocenters. The molecule has 0 bridgehead atoms. The maximum Gasteiger partial charge on any atom is 0.328 e. The van der Waals surface area contributed by atoms with Crippen LogP contribution >= 0.6 is 63.7 Å². The third-order valence-electron chi connectivity index (χ3n) is 2.12. The lowest BCUT2D eigenvalue weighted by atomic mass is 10.1. The molecule has 0 atom stereocenters. The molecule has 1 aromatic carbocycles. The maximum absolute atomic E-state index is 10.6. The standard InChI is InChI=1S/C12H6Br4O4/c13-9-5(1-3-7(17)18)10(14)12(16)6(11(9)15)2-4-8(19)20/h1-4H,(H,17,18)(H,19,20)/b3-1+,4-2+. The minimum absolute atomic E-state index is 0.607. The summed E-state index contributed by atoms with van der Waals surface area (Å²) >= 11 is 13.4. The van der Waals surface area contributed by atoms with E-state index in [4.69, 9.17) is 10.2 Å². The number of rotatable bonds is 4. The Balaban J connectivity index is 3.49. The molecular formula is C12H6Br4O4. The largest absolute Gasteiger partial charge is 0.478 e. The van der Waals surface area contributed by atoms with E-state index in [-0.39, 0.29) is 0 Å². The predicted octanol–water partition coefficient (Wildman–Crippen LogP) is 4.93. The van der Waals surface area contributed by atoms with Gasteiger partial charge in [0.15, 0.2) is 0 Å². The fourth-order valence-electron chi connectivity index (χ4n) is 1.27. The summed E-state index contributed by atoms with van der Waals surface area (Å²) < 4.78 is 2.43. The Kier molecular flexibility index (Phi) is 6.63. The second kappa shape index (κ2) is 7.53. The second-order valence-corrected chi connectivity index (χ2v) is 6.60. The van der Waals surface area contributed by atoms with Crippen LogP contribution in [0.5, 0.6) is 0 Å². The Morgan fingerprint density at radius 1 is 0.700 bits per heavy atom. The summed E-state index contributed by atoms with van der Waals surface area (Å²) in [4.78, 5) is 21.2. The molecule has 8 heteroatoms. The molecule has 0 aliphatic rings. The number of carboxylic acids is 2. The molecule has 2 N–H and O–H groups in total. The highest BCUT2D eigenvalue weighted by atomic mass is 79.9. The van der Waals surface area contributed by atoms with Crippen LogP contribution in [-0.4, -0.2) is 22.2 Å². The van der Waals surface area contributed by atoms with Crippen molar-refractivity contribution in [3.63, 3.8) is 0 Å². The zero-order valence-electron chi connectivity index (χ0n) is 9.53. The van der Waals surface area contributed by atoms with Crippen LogP contribution in [0, 0.1) is 0 Å². The molecule has 1 rings (SSSR count). The number of carboxylic acid groups (broad SMARTS) is 2. The Morgan fingerprint density at radius 2 is 0.950 bits per heavy atom. The van der Waals surface area contributed by atoms with Gasteiger partial charge in [0.05, 0.1) is 0 Å². The average molecular weight is 534 g/mol. The van der Waals surface area contributed by atoms with Crippen molar-refractivity contribution < 1.29 is 19.8 Å². The molecule has 1 aromatic rings. The topological polar surface area (TPSA) is 74.6 Å². The van der Waals surface area contributed by atoms with Gasteiger partial charge < -0.3 is 10.2 Å². The Morgan fingerprint density at radius 3 is 1.15 bits per heavy atom. The summed E-state index contributed by atoms with van der Waals surface area (Å²) in [5, 5.41) is 17.4. The fraction of sp³-hybridized carbons (Fsp3) is 0. The molecule has 0 aliphatic heterocycles. The van der Waals surface area contributed by atoms with Gasteiger partial charge in [-0.15, -0.1) is 0 Å². The second-order valence-electron chi connectivity index (χ2n) is 3.43. The number of aliphatic carboxylic acids is 2. The van der Waals surface area contributed by atoms with E-state index in [0.717, 1.165) is 12.2 Å². The van der Waals surface area contributed by atoms with Crippen LogP contribution in [0.1, 0.15) is 11.1 Å². The number of hydrogen-bond acceptors (Lipinski definition) is 2. The van der Waals surface area contributed by atoms with E-state index in [9.17, 15) is 9.59 Å². The number of halogens is 4. The zero-order valence-corrected chi connectivity index (χ0v) is 15.9. The van der Waals surface area contributed by atoms with Gasteiger partial charge in [0.1, 0.15) is 0 Å². The molecule has 0 aromatic heterocycles. The van der Waals surface area contributed by atoms with Crippen LogP contribution in [0.15, 0.2) is 30.0 Å². The van der Waals surface area contributed by atoms with Gasteiger partial charge in [-0.05, 0) is 75.9 Å². The van der Waals surface area contributed by atoms with Gasteiger partial charge >= 0.3 is 11.9 Å². The van der Waals surface area contributed by atoms with Gasteiger partial charge in [0.25, 0.3) is 0 Å². The van der Waals surface area contributed by atoms with Crippen molar-refractivity contribution in [3.8, 4) is 0 Å². The highest BCUT2D eigenvalue weighted by Crippen LogP contribution is 2.43. The molecule has 0 aliphatic carbocycles. The SMILES string of the molecule is O=C(O)/C=C/c1c(Br)c(Br)c(/C=C/C(=O)O)c(Br)c1Br. The van der Waals surface area contributed by atoms with Crippen molar-refractivity contribution in [2.24, 2.45) is 0 Å². The van der Waals surface area contributed by atoms with Gasteiger partial charge in [-0.2, -0.15) is 0 Å². The quantitative estimate of drug-likeness (QED) is 0.425. The van der Waals surface area contributed by atoms with E-state index in [1.54, 1.807) is 0 Å². The molecule has 0 spiro atoms. The fourth-order valence-corrected chi connectivity index (χ4v) is 3.98.